The zero-order valence-corrected chi connectivity index (χ0v) is 10.8. The fourth-order valence-corrected chi connectivity index (χ4v) is 4.45. The lowest BCUT2D eigenvalue weighted by Gasteiger charge is -2.17. The molecular formula is C11H18N2O3S. The first kappa shape index (κ1) is 12.8. The van der Waals surface area contributed by atoms with Crippen LogP contribution in [-0.2, 0) is 10.0 Å². The highest BCUT2D eigenvalue weighted by molar-refractivity contribution is 7.89. The van der Waals surface area contributed by atoms with Crippen molar-refractivity contribution in [2.75, 3.05) is 25.4 Å². The van der Waals surface area contributed by atoms with Crippen molar-refractivity contribution >= 4 is 10.0 Å². The number of aliphatic hydroxyl groups is 1. The standard InChI is InChI=1S/C11H18N2O3S/c1-9-4-13(5-10(9)6-14)17(15,16)8-11(7-12)2-3-11/h9-10,14H,2-6,8H2,1H3/t9-,10+/m1/s1. The van der Waals surface area contributed by atoms with Crippen molar-refractivity contribution < 1.29 is 13.5 Å². The average Bonchev–Trinajstić information content (AvgIpc) is 2.92. The molecule has 5 nitrogen and oxygen atoms in total. The molecule has 1 aliphatic carbocycles. The Morgan fingerprint density at radius 2 is 2.12 bits per heavy atom. The second kappa shape index (κ2) is 4.23. The van der Waals surface area contributed by atoms with Crippen molar-refractivity contribution in [3.8, 4) is 6.07 Å². The molecule has 0 aromatic rings. The zero-order valence-electron chi connectivity index (χ0n) is 9.96. The smallest absolute Gasteiger partial charge is 0.215 e. The predicted octanol–water partition coefficient (Wildman–Crippen LogP) is 0.180. The maximum absolute atomic E-state index is 12.1. The molecule has 1 N–H and O–H groups in total. The summed E-state index contributed by atoms with van der Waals surface area (Å²) in [5, 5.41) is 18.1. The Balaban J connectivity index is 2.05. The molecule has 0 bridgehead atoms. The lowest BCUT2D eigenvalue weighted by molar-refractivity contribution is 0.210. The first-order chi connectivity index (χ1) is 7.92. The number of rotatable bonds is 4. The second-order valence-electron chi connectivity index (χ2n) is 5.39. The summed E-state index contributed by atoms with van der Waals surface area (Å²) >= 11 is 0. The van der Waals surface area contributed by atoms with E-state index in [4.69, 9.17) is 10.4 Å². The summed E-state index contributed by atoms with van der Waals surface area (Å²) in [6, 6.07) is 2.11. The van der Waals surface area contributed by atoms with Crippen LogP contribution < -0.4 is 0 Å². The summed E-state index contributed by atoms with van der Waals surface area (Å²) in [6.45, 7) is 2.83. The molecule has 1 saturated heterocycles. The van der Waals surface area contributed by atoms with Crippen LogP contribution in [0.5, 0.6) is 0 Å². The highest BCUT2D eigenvalue weighted by Gasteiger charge is 2.49. The Morgan fingerprint density at radius 3 is 2.53 bits per heavy atom. The molecule has 96 valence electrons. The molecule has 6 heteroatoms. The lowest BCUT2D eigenvalue weighted by Crippen LogP contribution is -2.34. The van der Waals surface area contributed by atoms with Gasteiger partial charge < -0.3 is 5.11 Å². The first-order valence-electron chi connectivity index (χ1n) is 5.92. The maximum atomic E-state index is 12.1. The summed E-state index contributed by atoms with van der Waals surface area (Å²) in [4.78, 5) is 0. The van der Waals surface area contributed by atoms with Gasteiger partial charge in [-0.25, -0.2) is 12.7 Å². The molecule has 0 aromatic heterocycles. The van der Waals surface area contributed by atoms with E-state index in [2.05, 4.69) is 6.07 Å². The van der Waals surface area contributed by atoms with Crippen LogP contribution in [0.1, 0.15) is 19.8 Å². The molecule has 2 atom stereocenters. The van der Waals surface area contributed by atoms with Gasteiger partial charge in [0.05, 0.1) is 17.2 Å². The van der Waals surface area contributed by atoms with Crippen LogP contribution in [0.4, 0.5) is 0 Å². The van der Waals surface area contributed by atoms with E-state index in [9.17, 15) is 8.42 Å². The molecule has 0 radical (unpaired) electrons. The van der Waals surface area contributed by atoms with Gasteiger partial charge in [0.2, 0.25) is 10.0 Å². The Hall–Kier alpha value is -0.640. The average molecular weight is 258 g/mol. The van der Waals surface area contributed by atoms with Crippen molar-refractivity contribution in [1.29, 1.82) is 5.26 Å². The third-order valence-electron chi connectivity index (χ3n) is 3.91. The monoisotopic (exact) mass is 258 g/mol. The van der Waals surface area contributed by atoms with Gasteiger partial charge >= 0.3 is 0 Å². The molecule has 1 heterocycles. The van der Waals surface area contributed by atoms with Crippen molar-refractivity contribution in [2.45, 2.75) is 19.8 Å². The minimum absolute atomic E-state index is 0.0244. The Bertz CT molecular complexity index is 436. The summed E-state index contributed by atoms with van der Waals surface area (Å²) in [5.41, 5.74) is -0.626. The number of aliphatic hydroxyl groups excluding tert-OH is 1. The number of nitrogens with zero attached hydrogens (tertiary/aromatic N) is 2. The second-order valence-corrected chi connectivity index (χ2v) is 7.35. The molecule has 0 aromatic carbocycles. The van der Waals surface area contributed by atoms with Gasteiger partial charge in [0.15, 0.2) is 0 Å². The van der Waals surface area contributed by atoms with E-state index >= 15 is 0 Å². The van der Waals surface area contributed by atoms with Crippen LogP contribution in [-0.4, -0.2) is 43.3 Å². The minimum Gasteiger partial charge on any atom is -0.396 e. The molecule has 2 rings (SSSR count). The van der Waals surface area contributed by atoms with Crippen molar-refractivity contribution in [3.63, 3.8) is 0 Å². The van der Waals surface area contributed by atoms with Gasteiger partial charge in [-0.2, -0.15) is 5.26 Å². The van der Waals surface area contributed by atoms with Gasteiger partial charge in [-0.3, -0.25) is 0 Å². The topological polar surface area (TPSA) is 81.4 Å². The van der Waals surface area contributed by atoms with Gasteiger partial charge in [-0.05, 0) is 24.7 Å². The molecule has 2 fully saturated rings. The number of sulfonamides is 1. The van der Waals surface area contributed by atoms with E-state index in [0.29, 0.717) is 25.9 Å². The lowest BCUT2D eigenvalue weighted by atomic mass is 10.00. The van der Waals surface area contributed by atoms with Crippen LogP contribution in [0.3, 0.4) is 0 Å². The van der Waals surface area contributed by atoms with Crippen LogP contribution in [0.25, 0.3) is 0 Å². The third kappa shape index (κ3) is 2.46. The van der Waals surface area contributed by atoms with Gasteiger partial charge in [0, 0.05) is 19.7 Å². The molecule has 1 aliphatic heterocycles. The molecule has 1 saturated carbocycles. The minimum atomic E-state index is -3.34. The quantitative estimate of drug-likeness (QED) is 0.780. The molecule has 0 amide bonds. The Morgan fingerprint density at radius 1 is 1.47 bits per heavy atom. The summed E-state index contributed by atoms with van der Waals surface area (Å²) in [7, 11) is -3.34. The number of nitriles is 1. The fraction of sp³-hybridized carbons (Fsp3) is 0.909. The third-order valence-corrected chi connectivity index (χ3v) is 5.91. The van der Waals surface area contributed by atoms with Crippen LogP contribution in [0.15, 0.2) is 0 Å². The first-order valence-corrected chi connectivity index (χ1v) is 7.53. The highest BCUT2D eigenvalue weighted by atomic mass is 32.2. The van der Waals surface area contributed by atoms with E-state index in [-0.39, 0.29) is 24.2 Å². The summed E-state index contributed by atoms with van der Waals surface area (Å²) in [5.74, 6) is 0.162. The van der Waals surface area contributed by atoms with Crippen LogP contribution in [0.2, 0.25) is 0 Å². The van der Waals surface area contributed by atoms with E-state index < -0.39 is 15.4 Å². The largest absolute Gasteiger partial charge is 0.396 e. The van der Waals surface area contributed by atoms with E-state index in [1.165, 1.54) is 4.31 Å². The fourth-order valence-electron chi connectivity index (χ4n) is 2.33. The van der Waals surface area contributed by atoms with Gasteiger partial charge in [-0.1, -0.05) is 6.92 Å². The SMILES string of the molecule is C[C@@H]1CN(S(=O)(=O)CC2(C#N)CC2)C[C@H]1CO. The molecule has 0 unspecified atom stereocenters. The predicted molar refractivity (Wildman–Crippen MR) is 62.4 cm³/mol. The highest BCUT2D eigenvalue weighted by Crippen LogP contribution is 2.46. The molecular weight excluding hydrogens is 240 g/mol. The van der Waals surface area contributed by atoms with Gasteiger partial charge in [0.25, 0.3) is 0 Å². The summed E-state index contributed by atoms with van der Waals surface area (Å²) < 4.78 is 25.7. The van der Waals surface area contributed by atoms with E-state index in [1.807, 2.05) is 6.92 Å². The van der Waals surface area contributed by atoms with Crippen LogP contribution in [0, 0.1) is 28.6 Å². The number of hydrogen-bond donors (Lipinski definition) is 1. The number of hydrogen-bond acceptors (Lipinski definition) is 4. The van der Waals surface area contributed by atoms with Crippen LogP contribution >= 0.6 is 0 Å². The van der Waals surface area contributed by atoms with Crippen molar-refractivity contribution in [3.05, 3.63) is 0 Å². The van der Waals surface area contributed by atoms with Gasteiger partial charge in [-0.15, -0.1) is 0 Å². The molecule has 2 aliphatic rings. The van der Waals surface area contributed by atoms with E-state index in [0.717, 1.165) is 0 Å². The zero-order chi connectivity index (χ0) is 12.7. The van der Waals surface area contributed by atoms with Crippen molar-refractivity contribution in [1.82, 2.24) is 4.31 Å². The molecule has 0 spiro atoms. The van der Waals surface area contributed by atoms with Crippen molar-refractivity contribution in [2.24, 2.45) is 17.3 Å². The Kier molecular flexibility index (Phi) is 3.19. The summed E-state index contributed by atoms with van der Waals surface area (Å²) in [6.07, 6.45) is 1.38. The Labute approximate surface area is 102 Å². The maximum Gasteiger partial charge on any atom is 0.215 e. The normalized spacial score (nSPS) is 32.3. The van der Waals surface area contributed by atoms with Gasteiger partial charge in [0.1, 0.15) is 0 Å². The van der Waals surface area contributed by atoms with E-state index in [1.54, 1.807) is 0 Å². The molecule has 17 heavy (non-hydrogen) atoms.